The zero-order valence-electron chi connectivity index (χ0n) is 10.0. The standard InChI is InChI=1S/C14H14N2O2/c1-10-12(14(17)18)6-4-7-13(10)16-9-11-5-2-3-8-15-11/h2-8,16H,9H2,1H3,(H,17,18)/p-1. The van der Waals surface area contributed by atoms with Gasteiger partial charge in [0.1, 0.15) is 0 Å². The van der Waals surface area contributed by atoms with Crippen molar-refractivity contribution in [1.82, 2.24) is 4.98 Å². The monoisotopic (exact) mass is 241 g/mol. The Labute approximate surface area is 105 Å². The van der Waals surface area contributed by atoms with Gasteiger partial charge in [0.05, 0.1) is 18.2 Å². The van der Waals surface area contributed by atoms with Gasteiger partial charge in [-0.1, -0.05) is 18.2 Å². The summed E-state index contributed by atoms with van der Waals surface area (Å²) in [5.41, 5.74) is 2.56. The molecular formula is C14H13N2O2-. The second kappa shape index (κ2) is 5.31. The minimum atomic E-state index is -1.16. The van der Waals surface area contributed by atoms with Gasteiger partial charge in [-0.15, -0.1) is 0 Å². The first-order valence-electron chi connectivity index (χ1n) is 5.63. The third-order valence-electron chi connectivity index (χ3n) is 2.74. The molecule has 1 N–H and O–H groups in total. The molecule has 2 aromatic rings. The number of pyridine rings is 1. The quantitative estimate of drug-likeness (QED) is 0.878. The highest BCUT2D eigenvalue weighted by Gasteiger charge is 2.04. The molecule has 0 bridgehead atoms. The first kappa shape index (κ1) is 12.1. The smallest absolute Gasteiger partial charge is 0.0718 e. The Bertz CT molecular complexity index is 553. The molecule has 0 atom stereocenters. The number of nitrogens with zero attached hydrogens (tertiary/aromatic N) is 1. The van der Waals surface area contributed by atoms with Crippen molar-refractivity contribution in [2.24, 2.45) is 0 Å². The van der Waals surface area contributed by atoms with Crippen molar-refractivity contribution in [3.05, 3.63) is 59.4 Å². The van der Waals surface area contributed by atoms with Crippen molar-refractivity contribution < 1.29 is 9.90 Å². The molecule has 0 aliphatic rings. The Balaban J connectivity index is 2.15. The summed E-state index contributed by atoms with van der Waals surface area (Å²) in [6.07, 6.45) is 1.72. The Kier molecular flexibility index (Phi) is 3.57. The molecule has 1 heterocycles. The van der Waals surface area contributed by atoms with Crippen LogP contribution in [0, 0.1) is 6.92 Å². The number of carboxylic acid groups (broad SMARTS) is 1. The van der Waals surface area contributed by atoms with Gasteiger partial charge in [0.15, 0.2) is 0 Å². The zero-order valence-corrected chi connectivity index (χ0v) is 10.0. The summed E-state index contributed by atoms with van der Waals surface area (Å²) in [4.78, 5) is 15.1. The van der Waals surface area contributed by atoms with E-state index >= 15 is 0 Å². The lowest BCUT2D eigenvalue weighted by Crippen LogP contribution is -2.23. The topological polar surface area (TPSA) is 65.0 Å². The summed E-state index contributed by atoms with van der Waals surface area (Å²) < 4.78 is 0. The number of hydrogen-bond donors (Lipinski definition) is 1. The normalized spacial score (nSPS) is 10.1. The van der Waals surface area contributed by atoms with Crippen molar-refractivity contribution in [3.63, 3.8) is 0 Å². The zero-order chi connectivity index (χ0) is 13.0. The Morgan fingerprint density at radius 2 is 2.11 bits per heavy atom. The minimum absolute atomic E-state index is 0.209. The third-order valence-corrected chi connectivity index (χ3v) is 2.74. The van der Waals surface area contributed by atoms with Gasteiger partial charge in [0.25, 0.3) is 0 Å². The molecule has 0 aliphatic heterocycles. The molecule has 0 saturated heterocycles. The van der Waals surface area contributed by atoms with Crippen molar-refractivity contribution in [2.75, 3.05) is 5.32 Å². The van der Waals surface area contributed by atoms with Crippen LogP contribution in [0.4, 0.5) is 5.69 Å². The number of rotatable bonds is 4. The maximum absolute atomic E-state index is 10.9. The first-order chi connectivity index (χ1) is 8.68. The SMILES string of the molecule is Cc1c(NCc2ccccn2)cccc1C(=O)[O-]. The molecule has 0 spiro atoms. The van der Waals surface area contributed by atoms with Gasteiger partial charge in [-0.25, -0.2) is 0 Å². The number of benzene rings is 1. The summed E-state index contributed by atoms with van der Waals surface area (Å²) in [5.74, 6) is -1.16. The molecule has 92 valence electrons. The highest BCUT2D eigenvalue weighted by atomic mass is 16.4. The molecule has 0 saturated carbocycles. The second-order valence-corrected chi connectivity index (χ2v) is 3.94. The van der Waals surface area contributed by atoms with Gasteiger partial charge in [-0.3, -0.25) is 4.98 Å². The summed E-state index contributed by atoms with van der Waals surface area (Å²) in [6.45, 7) is 2.31. The van der Waals surface area contributed by atoms with E-state index < -0.39 is 5.97 Å². The highest BCUT2D eigenvalue weighted by Crippen LogP contribution is 2.18. The van der Waals surface area contributed by atoms with E-state index in [1.165, 1.54) is 6.07 Å². The third kappa shape index (κ3) is 2.66. The van der Waals surface area contributed by atoms with Crippen molar-refractivity contribution in [2.45, 2.75) is 13.5 Å². The molecule has 18 heavy (non-hydrogen) atoms. The van der Waals surface area contributed by atoms with Crippen LogP contribution in [0.15, 0.2) is 42.6 Å². The predicted octanol–water partition coefficient (Wildman–Crippen LogP) is 1.37. The molecule has 0 fully saturated rings. The average Bonchev–Trinajstić information content (AvgIpc) is 2.38. The number of nitrogens with one attached hydrogen (secondary N) is 1. The van der Waals surface area contributed by atoms with Crippen LogP contribution in [0.25, 0.3) is 0 Å². The van der Waals surface area contributed by atoms with Gasteiger partial charge in [-0.2, -0.15) is 0 Å². The molecule has 0 unspecified atom stereocenters. The van der Waals surface area contributed by atoms with Gasteiger partial charge in [-0.05, 0) is 30.7 Å². The molecule has 4 heteroatoms. The molecule has 1 aromatic heterocycles. The van der Waals surface area contributed by atoms with E-state index in [-0.39, 0.29) is 5.56 Å². The van der Waals surface area contributed by atoms with Crippen LogP contribution < -0.4 is 10.4 Å². The van der Waals surface area contributed by atoms with Crippen molar-refractivity contribution >= 4 is 11.7 Å². The number of anilines is 1. The lowest BCUT2D eigenvalue weighted by molar-refractivity contribution is -0.255. The molecule has 0 amide bonds. The van der Waals surface area contributed by atoms with Gasteiger partial charge in [0.2, 0.25) is 0 Å². The number of aromatic nitrogens is 1. The van der Waals surface area contributed by atoms with Crippen LogP contribution in [-0.2, 0) is 6.54 Å². The van der Waals surface area contributed by atoms with Crippen LogP contribution in [0.3, 0.4) is 0 Å². The molecule has 0 aliphatic carbocycles. The van der Waals surface area contributed by atoms with E-state index in [0.717, 1.165) is 11.4 Å². The summed E-state index contributed by atoms with van der Waals surface area (Å²) in [7, 11) is 0. The maximum Gasteiger partial charge on any atom is 0.0718 e. The van der Waals surface area contributed by atoms with E-state index in [4.69, 9.17) is 0 Å². The molecule has 0 radical (unpaired) electrons. The van der Waals surface area contributed by atoms with Crippen molar-refractivity contribution in [1.29, 1.82) is 0 Å². The lowest BCUT2D eigenvalue weighted by atomic mass is 10.1. The fourth-order valence-electron chi connectivity index (χ4n) is 1.74. The maximum atomic E-state index is 10.9. The summed E-state index contributed by atoms with van der Waals surface area (Å²) >= 11 is 0. The number of aromatic carboxylic acids is 1. The second-order valence-electron chi connectivity index (χ2n) is 3.94. The Morgan fingerprint density at radius 3 is 2.78 bits per heavy atom. The van der Waals surface area contributed by atoms with E-state index in [0.29, 0.717) is 12.1 Å². The van der Waals surface area contributed by atoms with Gasteiger partial charge < -0.3 is 15.2 Å². The van der Waals surface area contributed by atoms with Crippen LogP contribution in [0.5, 0.6) is 0 Å². The molecule has 1 aromatic carbocycles. The van der Waals surface area contributed by atoms with E-state index in [1.54, 1.807) is 19.2 Å². The number of carbonyl (C=O) groups is 1. The fourth-order valence-corrected chi connectivity index (χ4v) is 1.74. The van der Waals surface area contributed by atoms with E-state index in [2.05, 4.69) is 10.3 Å². The van der Waals surface area contributed by atoms with Crippen LogP contribution in [0.2, 0.25) is 0 Å². The highest BCUT2D eigenvalue weighted by molar-refractivity contribution is 5.89. The van der Waals surface area contributed by atoms with Gasteiger partial charge >= 0.3 is 0 Å². The average molecular weight is 241 g/mol. The summed E-state index contributed by atoms with van der Waals surface area (Å²) in [5, 5.41) is 14.1. The minimum Gasteiger partial charge on any atom is -0.545 e. The summed E-state index contributed by atoms with van der Waals surface area (Å²) in [6, 6.07) is 10.7. The van der Waals surface area contributed by atoms with E-state index in [1.807, 2.05) is 24.3 Å². The van der Waals surface area contributed by atoms with Crippen LogP contribution in [-0.4, -0.2) is 11.0 Å². The molecule has 2 rings (SSSR count). The van der Waals surface area contributed by atoms with Crippen LogP contribution >= 0.6 is 0 Å². The Morgan fingerprint density at radius 1 is 1.28 bits per heavy atom. The fraction of sp³-hybridized carbons (Fsp3) is 0.143. The number of carbonyl (C=O) groups excluding carboxylic acids is 1. The van der Waals surface area contributed by atoms with Crippen LogP contribution in [0.1, 0.15) is 21.6 Å². The lowest BCUT2D eigenvalue weighted by Gasteiger charge is -2.13. The number of carboxylic acids is 1. The molecule has 4 nitrogen and oxygen atoms in total. The predicted molar refractivity (Wildman–Crippen MR) is 67.1 cm³/mol. The van der Waals surface area contributed by atoms with Gasteiger partial charge in [0, 0.05) is 17.4 Å². The largest absolute Gasteiger partial charge is 0.545 e. The first-order valence-corrected chi connectivity index (χ1v) is 5.63. The number of hydrogen-bond acceptors (Lipinski definition) is 4. The van der Waals surface area contributed by atoms with E-state index in [9.17, 15) is 9.90 Å². The molecular weight excluding hydrogens is 228 g/mol. The van der Waals surface area contributed by atoms with Crippen molar-refractivity contribution in [3.8, 4) is 0 Å². The Hall–Kier alpha value is -2.36.